The first-order valence-corrected chi connectivity index (χ1v) is 11.0. The fraction of sp³-hybridized carbons (Fsp3) is 0.450. The minimum absolute atomic E-state index is 0.0221. The first-order valence-electron chi connectivity index (χ1n) is 9.41. The smallest absolute Gasteiger partial charge is 0.266 e. The number of nitrogens with zero attached hydrogens (tertiary/aromatic N) is 2. The van der Waals surface area contributed by atoms with Gasteiger partial charge in [-0.15, -0.1) is 0 Å². The molecule has 0 aliphatic carbocycles. The largest absolute Gasteiger partial charge is 0.396 e. The maximum Gasteiger partial charge on any atom is 0.266 e. The van der Waals surface area contributed by atoms with Crippen LogP contribution in [0.15, 0.2) is 29.2 Å². The first-order chi connectivity index (χ1) is 13.5. The molecule has 0 radical (unpaired) electrons. The molecule has 0 spiro atoms. The van der Waals surface area contributed by atoms with Crippen molar-refractivity contribution in [3.8, 4) is 0 Å². The molecule has 1 aromatic rings. The van der Waals surface area contributed by atoms with Crippen molar-refractivity contribution in [1.29, 1.82) is 0 Å². The standard InChI is InChI=1S/C20H23ClN2O3S2/c21-15-6-4-14(5-7-15)13-17-19(26)23(20(27)28-17)11-8-18(25)22-10-2-1-3-16(22)9-12-24/h4-7,13,16,24H,1-3,8-12H2/b17-13-/t16-/m0/s1. The van der Waals surface area contributed by atoms with Crippen molar-refractivity contribution in [2.75, 3.05) is 19.7 Å². The molecular weight excluding hydrogens is 416 g/mol. The molecule has 0 saturated carbocycles. The number of halogens is 1. The number of thiocarbonyl (C=S) groups is 1. The summed E-state index contributed by atoms with van der Waals surface area (Å²) in [5.41, 5.74) is 0.876. The highest BCUT2D eigenvalue weighted by Gasteiger charge is 2.33. The van der Waals surface area contributed by atoms with Crippen LogP contribution in [-0.2, 0) is 9.59 Å². The maximum atomic E-state index is 12.7. The van der Waals surface area contributed by atoms with E-state index in [2.05, 4.69) is 0 Å². The number of likely N-dealkylation sites (tertiary alicyclic amines) is 1. The Morgan fingerprint density at radius 1 is 1.32 bits per heavy atom. The van der Waals surface area contributed by atoms with Crippen LogP contribution in [0.3, 0.4) is 0 Å². The van der Waals surface area contributed by atoms with Crippen LogP contribution in [0.4, 0.5) is 0 Å². The van der Waals surface area contributed by atoms with E-state index >= 15 is 0 Å². The molecule has 1 atom stereocenters. The molecule has 28 heavy (non-hydrogen) atoms. The first kappa shape index (κ1) is 21.3. The quantitative estimate of drug-likeness (QED) is 0.542. The van der Waals surface area contributed by atoms with Crippen molar-refractivity contribution in [2.45, 2.75) is 38.1 Å². The van der Waals surface area contributed by atoms with Gasteiger partial charge in [-0.05, 0) is 49.5 Å². The third kappa shape index (κ3) is 5.14. The van der Waals surface area contributed by atoms with Crippen molar-refractivity contribution < 1.29 is 14.7 Å². The van der Waals surface area contributed by atoms with Crippen LogP contribution in [0.1, 0.15) is 37.7 Å². The minimum atomic E-state index is -0.164. The van der Waals surface area contributed by atoms with E-state index in [9.17, 15) is 14.7 Å². The van der Waals surface area contributed by atoms with E-state index in [4.69, 9.17) is 23.8 Å². The van der Waals surface area contributed by atoms with Gasteiger partial charge in [-0.1, -0.05) is 47.7 Å². The molecule has 0 bridgehead atoms. The molecule has 0 unspecified atom stereocenters. The highest BCUT2D eigenvalue weighted by molar-refractivity contribution is 8.26. The fourth-order valence-corrected chi connectivity index (χ4v) is 4.97. The number of aliphatic hydroxyl groups excluding tert-OH is 1. The van der Waals surface area contributed by atoms with Crippen molar-refractivity contribution in [3.63, 3.8) is 0 Å². The van der Waals surface area contributed by atoms with E-state index in [0.717, 1.165) is 31.4 Å². The van der Waals surface area contributed by atoms with Crippen LogP contribution in [0.5, 0.6) is 0 Å². The molecule has 1 N–H and O–H groups in total. The van der Waals surface area contributed by atoms with Gasteiger partial charge >= 0.3 is 0 Å². The number of amides is 2. The Kier molecular flexibility index (Phi) is 7.51. The zero-order valence-corrected chi connectivity index (χ0v) is 17.9. The summed E-state index contributed by atoms with van der Waals surface area (Å²) < 4.78 is 0.476. The molecule has 2 saturated heterocycles. The van der Waals surface area contributed by atoms with Gasteiger partial charge in [-0.25, -0.2) is 0 Å². The van der Waals surface area contributed by atoms with Crippen molar-refractivity contribution >= 4 is 57.8 Å². The van der Waals surface area contributed by atoms with Crippen molar-refractivity contribution in [1.82, 2.24) is 9.80 Å². The Hall–Kier alpha value is -1.41. The molecule has 1 aromatic carbocycles. The topological polar surface area (TPSA) is 60.9 Å². The summed E-state index contributed by atoms with van der Waals surface area (Å²) in [6.45, 7) is 1.08. The van der Waals surface area contributed by atoms with Gasteiger partial charge in [0.1, 0.15) is 4.32 Å². The van der Waals surface area contributed by atoms with Gasteiger partial charge in [0.25, 0.3) is 5.91 Å². The number of carbonyl (C=O) groups excluding carboxylic acids is 2. The molecule has 2 heterocycles. The zero-order valence-electron chi connectivity index (χ0n) is 15.5. The number of aliphatic hydroxyl groups is 1. The number of rotatable bonds is 6. The molecule has 2 fully saturated rings. The lowest BCUT2D eigenvalue weighted by Crippen LogP contribution is -2.45. The van der Waals surface area contributed by atoms with Gasteiger partial charge in [0.05, 0.1) is 4.91 Å². The lowest BCUT2D eigenvalue weighted by Gasteiger charge is -2.36. The average molecular weight is 439 g/mol. The zero-order chi connectivity index (χ0) is 20.1. The van der Waals surface area contributed by atoms with Crippen LogP contribution in [0.25, 0.3) is 6.08 Å². The van der Waals surface area contributed by atoms with E-state index in [1.54, 1.807) is 18.2 Å². The molecule has 5 nitrogen and oxygen atoms in total. The number of thioether (sulfide) groups is 1. The minimum Gasteiger partial charge on any atom is -0.396 e. The maximum absolute atomic E-state index is 12.7. The second-order valence-corrected chi connectivity index (χ2v) is 9.00. The lowest BCUT2D eigenvalue weighted by atomic mass is 9.99. The predicted molar refractivity (Wildman–Crippen MR) is 117 cm³/mol. The van der Waals surface area contributed by atoms with E-state index in [-0.39, 0.29) is 37.4 Å². The normalized spacial score (nSPS) is 21.6. The summed E-state index contributed by atoms with van der Waals surface area (Å²) in [6, 6.07) is 7.33. The Balaban J connectivity index is 1.61. The van der Waals surface area contributed by atoms with Gasteiger partial charge in [0.2, 0.25) is 5.91 Å². The molecule has 2 aliphatic heterocycles. The van der Waals surface area contributed by atoms with Gasteiger partial charge < -0.3 is 10.0 Å². The van der Waals surface area contributed by atoms with Gasteiger partial charge in [0, 0.05) is 37.2 Å². The molecule has 8 heteroatoms. The number of hydrogen-bond acceptors (Lipinski definition) is 5. The van der Waals surface area contributed by atoms with E-state index in [1.165, 1.54) is 16.7 Å². The Morgan fingerprint density at radius 3 is 2.79 bits per heavy atom. The molecule has 2 amide bonds. The number of piperidine rings is 1. The highest BCUT2D eigenvalue weighted by atomic mass is 35.5. The molecule has 3 rings (SSSR count). The molecule has 2 aliphatic rings. The third-order valence-corrected chi connectivity index (χ3v) is 6.63. The third-order valence-electron chi connectivity index (χ3n) is 5.00. The number of benzene rings is 1. The molecule has 150 valence electrons. The predicted octanol–water partition coefficient (Wildman–Crippen LogP) is 3.69. The van der Waals surface area contributed by atoms with Gasteiger partial charge in [0.15, 0.2) is 0 Å². The Morgan fingerprint density at radius 2 is 2.07 bits per heavy atom. The summed E-state index contributed by atoms with van der Waals surface area (Å²) in [5, 5.41) is 9.87. The fourth-order valence-electron chi connectivity index (χ4n) is 3.53. The van der Waals surface area contributed by atoms with Crippen LogP contribution >= 0.6 is 35.6 Å². The number of hydrogen-bond donors (Lipinski definition) is 1. The van der Waals surface area contributed by atoms with Crippen LogP contribution in [0, 0.1) is 0 Å². The SMILES string of the molecule is O=C1/C(=C/c2ccc(Cl)cc2)SC(=S)N1CCC(=O)N1CCCC[C@H]1CCO. The van der Waals surface area contributed by atoms with Crippen LogP contribution in [-0.4, -0.2) is 56.8 Å². The number of carbonyl (C=O) groups is 2. The average Bonchev–Trinajstić information content (AvgIpc) is 2.95. The van der Waals surface area contributed by atoms with E-state index in [1.807, 2.05) is 17.0 Å². The summed E-state index contributed by atoms with van der Waals surface area (Å²) >= 11 is 12.5. The molecule has 0 aromatic heterocycles. The summed E-state index contributed by atoms with van der Waals surface area (Å²) in [4.78, 5) is 29.3. The van der Waals surface area contributed by atoms with Crippen LogP contribution in [0.2, 0.25) is 5.02 Å². The lowest BCUT2D eigenvalue weighted by molar-refractivity contribution is -0.135. The summed E-state index contributed by atoms with van der Waals surface area (Å²) in [5.74, 6) is -0.141. The Bertz CT molecular complexity index is 780. The van der Waals surface area contributed by atoms with Gasteiger partial charge in [-0.3, -0.25) is 14.5 Å². The summed E-state index contributed by atoms with van der Waals surface area (Å²) in [6.07, 6.45) is 5.63. The van der Waals surface area contributed by atoms with Crippen molar-refractivity contribution in [2.24, 2.45) is 0 Å². The van der Waals surface area contributed by atoms with Crippen LogP contribution < -0.4 is 0 Å². The second kappa shape index (κ2) is 9.87. The monoisotopic (exact) mass is 438 g/mol. The van der Waals surface area contributed by atoms with E-state index in [0.29, 0.717) is 20.7 Å². The Labute approximate surface area is 179 Å². The second-order valence-electron chi connectivity index (χ2n) is 6.88. The summed E-state index contributed by atoms with van der Waals surface area (Å²) in [7, 11) is 0. The molecular formula is C20H23ClN2O3S2. The van der Waals surface area contributed by atoms with E-state index < -0.39 is 0 Å². The van der Waals surface area contributed by atoms with Crippen molar-refractivity contribution in [3.05, 3.63) is 39.8 Å². The highest BCUT2D eigenvalue weighted by Crippen LogP contribution is 2.33. The van der Waals surface area contributed by atoms with Gasteiger partial charge in [-0.2, -0.15) is 0 Å².